The Morgan fingerprint density at radius 1 is 0.662 bits per heavy atom. The average molecular weight is 895 g/mol. The summed E-state index contributed by atoms with van der Waals surface area (Å²) in [5.41, 5.74) is 3.61. The molecule has 0 saturated heterocycles. The molecule has 3 aromatic carbocycles. The zero-order valence-electron chi connectivity index (χ0n) is 40.1. The lowest BCUT2D eigenvalue weighted by Crippen LogP contribution is -2.31. The number of nitrogens with zero attached hydrogens (tertiary/aromatic N) is 3. The highest BCUT2D eigenvalue weighted by atomic mass is 16.5. The van der Waals surface area contributed by atoms with Crippen molar-refractivity contribution in [3.05, 3.63) is 78.2 Å². The van der Waals surface area contributed by atoms with Gasteiger partial charge in [0, 0.05) is 65.3 Å². The molecule has 2 amide bonds. The highest BCUT2D eigenvalue weighted by Gasteiger charge is 2.25. The van der Waals surface area contributed by atoms with E-state index in [4.69, 9.17) is 18.9 Å². The number of methoxy groups -OCH3 is 1. The predicted octanol–water partition coefficient (Wildman–Crippen LogP) is 12.3. The van der Waals surface area contributed by atoms with Crippen LogP contribution in [0.4, 0.5) is 17.1 Å². The Kier molecular flexibility index (Phi) is 19.8. The molecule has 0 radical (unpaired) electrons. The Balaban J connectivity index is 1.28. The van der Waals surface area contributed by atoms with Crippen LogP contribution in [0.3, 0.4) is 0 Å². The minimum atomic E-state index is -0.182. The third-order valence-corrected chi connectivity index (χ3v) is 11.2. The number of fused-ring (bicyclic) bond motifs is 1. The molecule has 14 heteroatoms. The number of carbonyl (C=O) groups excluding carboxylic acids is 2. The summed E-state index contributed by atoms with van der Waals surface area (Å²) >= 11 is 0. The van der Waals surface area contributed by atoms with Crippen LogP contribution in [0.2, 0.25) is 0 Å². The Bertz CT molecular complexity index is 2160. The number of unbranched alkanes of at least 4 members (excludes halogenated alkanes) is 10. The third kappa shape index (κ3) is 16.3. The molecular formula is C51H74N8O6. The number of hydrogen-bond donors (Lipinski definition) is 5. The molecule has 1 atom stereocenters. The van der Waals surface area contributed by atoms with Crippen molar-refractivity contribution in [3.8, 4) is 28.7 Å². The van der Waals surface area contributed by atoms with Crippen LogP contribution < -0.4 is 40.2 Å². The van der Waals surface area contributed by atoms with E-state index >= 15 is 0 Å². The molecule has 65 heavy (non-hydrogen) atoms. The number of H-pyrrole nitrogens is 1. The van der Waals surface area contributed by atoms with E-state index in [2.05, 4.69) is 85.0 Å². The Morgan fingerprint density at radius 2 is 1.26 bits per heavy atom. The van der Waals surface area contributed by atoms with Crippen LogP contribution in [0, 0.1) is 5.92 Å². The lowest BCUT2D eigenvalue weighted by Gasteiger charge is -2.22. The maximum atomic E-state index is 13.0. The fourth-order valence-corrected chi connectivity index (χ4v) is 7.41. The van der Waals surface area contributed by atoms with E-state index in [0.717, 1.165) is 67.1 Å². The van der Waals surface area contributed by atoms with E-state index in [9.17, 15) is 9.59 Å². The molecule has 354 valence electrons. The first-order chi connectivity index (χ1) is 31.4. The van der Waals surface area contributed by atoms with Crippen molar-refractivity contribution in [2.75, 3.05) is 36.5 Å². The van der Waals surface area contributed by atoms with Crippen LogP contribution in [0.25, 0.3) is 5.65 Å². The van der Waals surface area contributed by atoms with Gasteiger partial charge in [-0.3, -0.25) is 20.0 Å². The molecule has 14 nitrogen and oxygen atoms in total. The largest absolute Gasteiger partial charge is 0.497 e. The van der Waals surface area contributed by atoms with Crippen LogP contribution in [0.5, 0.6) is 28.7 Å². The van der Waals surface area contributed by atoms with Crippen molar-refractivity contribution in [1.29, 1.82) is 0 Å². The Hall–Kier alpha value is -5.76. The summed E-state index contributed by atoms with van der Waals surface area (Å²) in [6.45, 7) is 15.4. The van der Waals surface area contributed by atoms with E-state index in [0.29, 0.717) is 47.2 Å². The quantitative estimate of drug-likeness (QED) is 0.0230. The van der Waals surface area contributed by atoms with Crippen molar-refractivity contribution in [1.82, 2.24) is 25.1 Å². The average Bonchev–Trinajstić information content (AvgIpc) is 3.88. The van der Waals surface area contributed by atoms with Gasteiger partial charge in [0.2, 0.25) is 11.8 Å². The van der Waals surface area contributed by atoms with Gasteiger partial charge in [-0.15, -0.1) is 10.2 Å². The maximum absolute atomic E-state index is 13.0. The number of ether oxygens (including phenoxy) is 4. The van der Waals surface area contributed by atoms with Crippen LogP contribution in [0.15, 0.2) is 66.7 Å². The molecule has 1 unspecified atom stereocenters. The highest BCUT2D eigenvalue weighted by Crippen LogP contribution is 2.35. The van der Waals surface area contributed by atoms with E-state index in [-0.39, 0.29) is 42.7 Å². The Morgan fingerprint density at radius 3 is 1.85 bits per heavy atom. The van der Waals surface area contributed by atoms with Gasteiger partial charge in [0.15, 0.2) is 29.7 Å². The van der Waals surface area contributed by atoms with Crippen LogP contribution in [-0.4, -0.2) is 52.2 Å². The summed E-state index contributed by atoms with van der Waals surface area (Å²) in [4.78, 5) is 26.0. The van der Waals surface area contributed by atoms with E-state index in [1.54, 1.807) is 25.3 Å². The second-order valence-corrected chi connectivity index (χ2v) is 18.2. The second kappa shape index (κ2) is 25.7. The molecule has 2 aromatic heterocycles. The topological polar surface area (TPSA) is 165 Å². The van der Waals surface area contributed by atoms with E-state index < -0.39 is 0 Å². The number of rotatable bonds is 29. The van der Waals surface area contributed by atoms with E-state index in [1.165, 1.54) is 38.5 Å². The van der Waals surface area contributed by atoms with Crippen molar-refractivity contribution < 1.29 is 28.5 Å². The number of carbonyl (C=O) groups is 2. The molecule has 0 fully saturated rings. The smallest absolute Gasteiger partial charge is 0.224 e. The molecule has 0 aliphatic rings. The first-order valence-electron chi connectivity index (χ1n) is 23.7. The number of aromatic amines is 1. The number of benzene rings is 3. The van der Waals surface area contributed by atoms with E-state index in [1.807, 2.05) is 53.0 Å². The molecule has 0 spiro atoms. The molecule has 5 aromatic rings. The van der Waals surface area contributed by atoms with Gasteiger partial charge in [0.05, 0.1) is 13.2 Å². The molecular weight excluding hydrogens is 821 g/mol. The third-order valence-electron chi connectivity index (χ3n) is 11.2. The van der Waals surface area contributed by atoms with Crippen LogP contribution in [0.1, 0.15) is 156 Å². The summed E-state index contributed by atoms with van der Waals surface area (Å²) in [5.74, 6) is 3.64. The predicted molar refractivity (Wildman–Crippen MR) is 261 cm³/mol. The minimum Gasteiger partial charge on any atom is -0.497 e. The first-order valence-corrected chi connectivity index (χ1v) is 23.7. The fourth-order valence-electron chi connectivity index (χ4n) is 7.41. The maximum Gasteiger partial charge on any atom is 0.224 e. The molecule has 5 rings (SSSR count). The van der Waals surface area contributed by atoms with Crippen LogP contribution >= 0.6 is 0 Å². The number of amides is 2. The molecule has 5 N–H and O–H groups in total. The molecule has 0 bridgehead atoms. The highest BCUT2D eigenvalue weighted by molar-refractivity contribution is 5.94. The minimum absolute atomic E-state index is 0.0625. The summed E-state index contributed by atoms with van der Waals surface area (Å²) in [5, 5.41) is 25.4. The van der Waals surface area contributed by atoms with Crippen molar-refractivity contribution in [2.24, 2.45) is 5.92 Å². The van der Waals surface area contributed by atoms with Gasteiger partial charge in [0.25, 0.3) is 0 Å². The molecule has 0 saturated carbocycles. The summed E-state index contributed by atoms with van der Waals surface area (Å²) < 4.78 is 26.3. The monoisotopic (exact) mass is 895 g/mol. The van der Waals surface area contributed by atoms with Crippen molar-refractivity contribution in [3.63, 3.8) is 0 Å². The lowest BCUT2D eigenvalue weighted by molar-refractivity contribution is -0.117. The number of aromatic nitrogens is 4. The second-order valence-electron chi connectivity index (χ2n) is 18.2. The van der Waals surface area contributed by atoms with Crippen molar-refractivity contribution >= 4 is 34.5 Å². The van der Waals surface area contributed by atoms with Crippen molar-refractivity contribution in [2.45, 2.75) is 150 Å². The molecule has 2 heterocycles. The number of anilines is 3. The lowest BCUT2D eigenvalue weighted by atomic mass is 9.93. The summed E-state index contributed by atoms with van der Waals surface area (Å²) in [7, 11) is 1.62. The van der Waals surface area contributed by atoms with Gasteiger partial charge in [-0.25, -0.2) is 4.52 Å². The Labute approximate surface area is 386 Å². The zero-order valence-corrected chi connectivity index (χ0v) is 40.1. The van der Waals surface area contributed by atoms with Gasteiger partial charge >= 0.3 is 0 Å². The SMILES string of the molecule is CCCCCCCCC(=O)Nc1cc(NC(=O)CCCCCCCC)cc(OCNc2ccc(Oc3ccc(OC)cc3)c(OCNC(c3nnc4cc(C(C)(C)C)[nH]n34)C(C)C)c2)c1. The summed E-state index contributed by atoms with van der Waals surface area (Å²) in [6.07, 6.45) is 14.1. The van der Waals surface area contributed by atoms with Gasteiger partial charge < -0.3 is 34.9 Å². The number of nitrogens with one attached hydrogen (secondary N) is 5. The standard InChI is InChI=1S/C51H74N8O6/c1-9-11-13-15-17-19-21-47(60)54-38-29-39(55-48(61)22-20-18-16-14-12-10-2)31-42(30-38)63-34-52-37-23-28-43(65-41-26-24-40(62-8)25-27-41)44(32-37)64-35-53-49(36(3)4)50-57-56-46-33-45(51(5,6)7)58-59(46)50/h23-33,36,49,52-53,58H,9-22,34-35H2,1-8H3,(H,54,60)(H,55,61). The molecule has 0 aliphatic carbocycles. The first kappa shape index (κ1) is 50.2. The zero-order chi connectivity index (χ0) is 46.6. The van der Waals surface area contributed by atoms with Gasteiger partial charge in [-0.1, -0.05) is 113 Å². The fraction of sp³-hybridized carbons (Fsp3) is 0.529. The summed E-state index contributed by atoms with van der Waals surface area (Å²) in [6, 6.07) is 20.1. The normalized spacial score (nSPS) is 12.0. The van der Waals surface area contributed by atoms with Gasteiger partial charge in [-0.05, 0) is 61.2 Å². The van der Waals surface area contributed by atoms with Gasteiger partial charge in [-0.2, -0.15) is 0 Å². The molecule has 0 aliphatic heterocycles. The van der Waals surface area contributed by atoms with Gasteiger partial charge in [0.1, 0.15) is 24.0 Å². The number of hydrogen-bond acceptors (Lipinski definition) is 10. The van der Waals surface area contributed by atoms with Crippen LogP contribution in [-0.2, 0) is 15.0 Å².